The van der Waals surface area contributed by atoms with Crippen LogP contribution in [0.3, 0.4) is 0 Å². The van der Waals surface area contributed by atoms with Crippen molar-refractivity contribution >= 4 is 29.4 Å². The lowest BCUT2D eigenvalue weighted by atomic mass is 9.93. The summed E-state index contributed by atoms with van der Waals surface area (Å²) < 4.78 is 14.0. The highest BCUT2D eigenvalue weighted by atomic mass is 19.1. The molecular weight excluding hydrogens is 369 g/mol. The highest BCUT2D eigenvalue weighted by Gasteiger charge is 2.31. The number of rotatable bonds is 4. The number of benzene rings is 1. The molecule has 0 saturated carbocycles. The number of pyridine rings is 2. The first kappa shape index (κ1) is 17.6. The first-order valence-corrected chi connectivity index (χ1v) is 9.33. The lowest BCUT2D eigenvalue weighted by molar-refractivity contribution is 0.447. The Bertz CT molecular complexity index is 1170. The van der Waals surface area contributed by atoms with Crippen molar-refractivity contribution in [1.82, 2.24) is 20.6 Å². The van der Waals surface area contributed by atoms with E-state index < -0.39 is 0 Å². The summed E-state index contributed by atoms with van der Waals surface area (Å²) in [5, 5.41) is 7.54. The van der Waals surface area contributed by atoms with Crippen molar-refractivity contribution in [3.8, 4) is 11.1 Å². The van der Waals surface area contributed by atoms with Gasteiger partial charge < -0.3 is 5.32 Å². The number of nitrogens with zero attached hydrogens (tertiary/aromatic N) is 5. The van der Waals surface area contributed by atoms with Crippen molar-refractivity contribution in [2.24, 2.45) is 15.0 Å². The van der Waals surface area contributed by atoms with Crippen LogP contribution >= 0.6 is 0 Å². The predicted octanol–water partition coefficient (Wildman–Crippen LogP) is 2.85. The van der Waals surface area contributed by atoms with Crippen molar-refractivity contribution in [1.29, 1.82) is 0 Å². The largest absolute Gasteiger partial charge is 0.333 e. The number of fused-ring (bicyclic) bond motifs is 2. The van der Waals surface area contributed by atoms with Crippen molar-refractivity contribution in [2.45, 2.75) is 25.2 Å². The number of hydrogen-bond acceptors (Lipinski definition) is 7. The van der Waals surface area contributed by atoms with Crippen LogP contribution in [0.1, 0.15) is 18.5 Å². The Hall–Kier alpha value is -3.52. The first-order chi connectivity index (χ1) is 14.2. The molecule has 144 valence electrons. The summed E-state index contributed by atoms with van der Waals surface area (Å²) >= 11 is 0. The van der Waals surface area contributed by atoms with E-state index in [1.807, 2.05) is 31.2 Å². The Morgan fingerprint density at radius 3 is 3.00 bits per heavy atom. The highest BCUT2D eigenvalue weighted by molar-refractivity contribution is 6.05. The normalized spacial score (nSPS) is 21.0. The molecule has 0 saturated heterocycles. The second kappa shape index (κ2) is 7.14. The maximum atomic E-state index is 14.0. The Balaban J connectivity index is 1.57. The molecule has 0 spiro atoms. The van der Waals surface area contributed by atoms with Gasteiger partial charge in [0.2, 0.25) is 0 Å². The fourth-order valence-corrected chi connectivity index (χ4v) is 3.79. The summed E-state index contributed by atoms with van der Waals surface area (Å²) in [6, 6.07) is 9.16. The van der Waals surface area contributed by atoms with Gasteiger partial charge in [-0.1, -0.05) is 18.2 Å². The number of aliphatic imine (C=N–C) groups is 3. The molecule has 3 unspecified atom stereocenters. The van der Waals surface area contributed by atoms with Crippen LogP contribution < -0.4 is 10.6 Å². The third kappa shape index (κ3) is 3.17. The molecule has 2 aromatic heterocycles. The molecular formula is C21H18FN7. The minimum absolute atomic E-state index is 0.100. The Labute approximate surface area is 166 Å². The van der Waals surface area contributed by atoms with E-state index in [1.165, 1.54) is 18.6 Å². The van der Waals surface area contributed by atoms with Crippen LogP contribution in [0.25, 0.3) is 22.0 Å². The van der Waals surface area contributed by atoms with Gasteiger partial charge in [0.25, 0.3) is 0 Å². The SMILES string of the molecule is CC(NC1N=CN=C2NC=NC21)c1ccc2cccnc2c1-c1cncc(F)c1. The molecule has 1 aromatic carbocycles. The van der Waals surface area contributed by atoms with Gasteiger partial charge in [0, 0.05) is 34.9 Å². The van der Waals surface area contributed by atoms with Gasteiger partial charge in [-0.2, -0.15) is 0 Å². The van der Waals surface area contributed by atoms with E-state index in [-0.39, 0.29) is 24.1 Å². The van der Waals surface area contributed by atoms with E-state index in [0.717, 1.165) is 27.9 Å². The molecule has 5 rings (SSSR count). The molecule has 3 aromatic rings. The van der Waals surface area contributed by atoms with Crippen LogP contribution in [0.5, 0.6) is 0 Å². The van der Waals surface area contributed by atoms with Gasteiger partial charge in [-0.3, -0.25) is 25.3 Å². The summed E-state index contributed by atoms with van der Waals surface area (Å²) in [7, 11) is 0. The van der Waals surface area contributed by atoms with Crippen LogP contribution in [0, 0.1) is 5.82 Å². The third-order valence-electron chi connectivity index (χ3n) is 5.14. The third-order valence-corrected chi connectivity index (χ3v) is 5.14. The number of aromatic nitrogens is 2. The van der Waals surface area contributed by atoms with E-state index in [2.05, 4.69) is 35.6 Å². The zero-order valence-corrected chi connectivity index (χ0v) is 15.6. The summed E-state index contributed by atoms with van der Waals surface area (Å²) in [4.78, 5) is 21.7. The van der Waals surface area contributed by atoms with Crippen molar-refractivity contribution in [3.63, 3.8) is 0 Å². The van der Waals surface area contributed by atoms with E-state index in [4.69, 9.17) is 0 Å². The zero-order valence-electron chi connectivity index (χ0n) is 15.6. The van der Waals surface area contributed by atoms with Crippen LogP contribution in [0.2, 0.25) is 0 Å². The second-order valence-corrected chi connectivity index (χ2v) is 6.98. The Kier molecular flexibility index (Phi) is 4.33. The highest BCUT2D eigenvalue weighted by Crippen LogP contribution is 2.34. The van der Waals surface area contributed by atoms with Crippen LogP contribution in [-0.2, 0) is 0 Å². The zero-order chi connectivity index (χ0) is 19.8. The smallest absolute Gasteiger partial charge is 0.145 e. The molecule has 3 atom stereocenters. The Morgan fingerprint density at radius 2 is 2.10 bits per heavy atom. The minimum Gasteiger partial charge on any atom is -0.333 e. The monoisotopic (exact) mass is 387 g/mol. The minimum atomic E-state index is -0.383. The molecule has 2 aliphatic heterocycles. The van der Waals surface area contributed by atoms with E-state index in [0.29, 0.717) is 5.56 Å². The van der Waals surface area contributed by atoms with Gasteiger partial charge in [-0.25, -0.2) is 9.38 Å². The van der Waals surface area contributed by atoms with Crippen LogP contribution in [0.4, 0.5) is 4.39 Å². The molecule has 0 fully saturated rings. The predicted molar refractivity (Wildman–Crippen MR) is 112 cm³/mol. The van der Waals surface area contributed by atoms with Crippen LogP contribution in [-0.4, -0.2) is 40.7 Å². The van der Waals surface area contributed by atoms with Gasteiger partial charge in [-0.15, -0.1) is 0 Å². The topological polar surface area (TPSA) is 86.9 Å². The summed E-state index contributed by atoms with van der Waals surface area (Å²) in [6.07, 6.45) is 7.54. The summed E-state index contributed by atoms with van der Waals surface area (Å²) in [5.41, 5.74) is 3.34. The summed E-state index contributed by atoms with van der Waals surface area (Å²) in [6.45, 7) is 2.05. The maximum Gasteiger partial charge on any atom is 0.145 e. The van der Waals surface area contributed by atoms with Gasteiger partial charge in [0.15, 0.2) is 0 Å². The Morgan fingerprint density at radius 1 is 1.17 bits per heavy atom. The van der Waals surface area contributed by atoms with Crippen LogP contribution in [0.15, 0.2) is 63.9 Å². The van der Waals surface area contributed by atoms with E-state index in [9.17, 15) is 4.39 Å². The molecule has 8 heteroatoms. The first-order valence-electron chi connectivity index (χ1n) is 9.33. The quantitative estimate of drug-likeness (QED) is 0.721. The van der Waals surface area contributed by atoms with Gasteiger partial charge >= 0.3 is 0 Å². The average molecular weight is 387 g/mol. The fraction of sp³-hybridized carbons (Fsp3) is 0.190. The lowest BCUT2D eigenvalue weighted by Gasteiger charge is -2.27. The van der Waals surface area contributed by atoms with Gasteiger partial charge in [0.05, 0.1) is 18.1 Å². The second-order valence-electron chi connectivity index (χ2n) is 6.98. The average Bonchev–Trinajstić information content (AvgIpc) is 3.23. The number of hydrogen-bond donors (Lipinski definition) is 2. The molecule has 7 nitrogen and oxygen atoms in total. The molecule has 0 bridgehead atoms. The van der Waals surface area contributed by atoms with Gasteiger partial charge in [-0.05, 0) is 24.6 Å². The maximum absolute atomic E-state index is 14.0. The molecule has 2 N–H and O–H groups in total. The molecule has 0 aliphatic carbocycles. The molecule has 0 radical (unpaired) electrons. The molecule has 29 heavy (non-hydrogen) atoms. The van der Waals surface area contributed by atoms with Gasteiger partial charge in [0.1, 0.15) is 30.2 Å². The fourth-order valence-electron chi connectivity index (χ4n) is 3.79. The molecule has 2 aliphatic rings. The van der Waals surface area contributed by atoms with Crippen molar-refractivity contribution in [3.05, 3.63) is 60.3 Å². The molecule has 4 heterocycles. The summed E-state index contributed by atoms with van der Waals surface area (Å²) in [5.74, 6) is 0.394. The van der Waals surface area contributed by atoms with E-state index >= 15 is 0 Å². The number of nitrogens with one attached hydrogen (secondary N) is 2. The lowest BCUT2D eigenvalue weighted by Crippen LogP contribution is -2.45. The number of amidine groups is 1. The molecule has 0 amide bonds. The van der Waals surface area contributed by atoms with E-state index in [1.54, 1.807) is 18.7 Å². The van der Waals surface area contributed by atoms with Crippen molar-refractivity contribution in [2.75, 3.05) is 0 Å². The number of halogens is 1. The van der Waals surface area contributed by atoms with Crippen molar-refractivity contribution < 1.29 is 4.39 Å². The standard InChI is InChI=1S/C21H18FN7/c1-12(29-21-19-20(26-10-25-19)27-11-28-21)16-5-4-13-3-2-6-24-18(13)17(16)14-7-15(22)9-23-8-14/h2-12,19,21,29H,1H3,(H,25,26,27,28).